The Hall–Kier alpha value is -2.72. The second kappa shape index (κ2) is 8.43. The Balaban J connectivity index is 1.19. The fourth-order valence-corrected chi connectivity index (χ4v) is 6.45. The zero-order chi connectivity index (χ0) is 21.4. The Labute approximate surface area is 187 Å². The van der Waals surface area contributed by atoms with Gasteiger partial charge in [0, 0.05) is 54.3 Å². The fraction of sp³-hybridized carbons (Fsp3) is 0.381. The summed E-state index contributed by atoms with van der Waals surface area (Å²) in [5, 5.41) is 12.9. The molecule has 0 bridgehead atoms. The molecule has 1 aromatic carbocycles. The van der Waals surface area contributed by atoms with E-state index in [1.807, 2.05) is 4.90 Å². The van der Waals surface area contributed by atoms with Gasteiger partial charge in [-0.3, -0.25) is 14.9 Å². The number of non-ortho nitro benzene ring substituents is 1. The number of carbonyl (C=O) groups excluding carboxylic acids is 1. The van der Waals surface area contributed by atoms with Crippen LogP contribution in [0.3, 0.4) is 0 Å². The molecule has 0 unspecified atom stereocenters. The summed E-state index contributed by atoms with van der Waals surface area (Å²) in [5.74, 6) is 0.487. The normalized spacial score (nSPS) is 16.0. The minimum atomic E-state index is -0.395. The number of aryl methyl sites for hydroxylation is 2. The highest BCUT2D eigenvalue weighted by atomic mass is 32.2. The molecule has 1 saturated heterocycles. The lowest BCUT2D eigenvalue weighted by Gasteiger charge is -2.36. The lowest BCUT2D eigenvalue weighted by molar-refractivity contribution is -0.384. The SMILES string of the molecule is O=C(CSc1ncnc2sc3c(c12)CCC3)N1CCN(c2ccc([N+](=O)[O-])cc2)CC1. The van der Waals surface area contributed by atoms with Crippen LogP contribution in [-0.4, -0.2) is 57.6 Å². The van der Waals surface area contributed by atoms with Gasteiger partial charge in [-0.2, -0.15) is 0 Å². The van der Waals surface area contributed by atoms with E-state index in [4.69, 9.17) is 0 Å². The van der Waals surface area contributed by atoms with Crippen LogP contribution in [0.1, 0.15) is 16.9 Å². The standard InChI is InChI=1S/C21H21N5O3S2/c27-18(12-30-20-19-16-2-1-3-17(16)31-21(19)23-13-22-20)25-10-8-24(9-11-25)14-4-6-15(7-5-14)26(28)29/h4-7,13H,1-3,8-12H2. The number of nitro groups is 1. The van der Waals surface area contributed by atoms with Crippen molar-refractivity contribution in [2.45, 2.75) is 24.3 Å². The summed E-state index contributed by atoms with van der Waals surface area (Å²) in [6.07, 6.45) is 4.99. The van der Waals surface area contributed by atoms with Crippen molar-refractivity contribution in [3.05, 3.63) is 51.1 Å². The number of hydrogen-bond donors (Lipinski definition) is 0. The molecular formula is C21H21N5O3S2. The minimum Gasteiger partial charge on any atom is -0.368 e. The molecule has 31 heavy (non-hydrogen) atoms. The third kappa shape index (κ3) is 3.97. The molecule has 0 N–H and O–H groups in total. The number of nitro benzene ring substituents is 1. The first-order chi connectivity index (χ1) is 15.1. The van der Waals surface area contributed by atoms with Crippen molar-refractivity contribution in [1.82, 2.24) is 14.9 Å². The highest BCUT2D eigenvalue weighted by Crippen LogP contribution is 2.40. The maximum atomic E-state index is 12.8. The number of thioether (sulfide) groups is 1. The predicted octanol–water partition coefficient (Wildman–Crippen LogP) is 3.53. The first-order valence-corrected chi connectivity index (χ1v) is 12.1. The predicted molar refractivity (Wildman–Crippen MR) is 122 cm³/mol. The van der Waals surface area contributed by atoms with Gasteiger partial charge in [-0.25, -0.2) is 9.97 Å². The third-order valence-electron chi connectivity index (χ3n) is 5.86. The van der Waals surface area contributed by atoms with Crippen molar-refractivity contribution >= 4 is 50.6 Å². The quantitative estimate of drug-likeness (QED) is 0.251. The van der Waals surface area contributed by atoms with Gasteiger partial charge in [0.1, 0.15) is 16.2 Å². The fourth-order valence-electron chi connectivity index (χ4n) is 4.23. The molecule has 1 aliphatic heterocycles. The van der Waals surface area contributed by atoms with Crippen molar-refractivity contribution in [1.29, 1.82) is 0 Å². The van der Waals surface area contributed by atoms with Gasteiger partial charge in [0.25, 0.3) is 5.69 Å². The monoisotopic (exact) mass is 455 g/mol. The van der Waals surface area contributed by atoms with Crippen LogP contribution in [0.2, 0.25) is 0 Å². The lowest BCUT2D eigenvalue weighted by atomic mass is 10.2. The highest BCUT2D eigenvalue weighted by Gasteiger charge is 2.24. The summed E-state index contributed by atoms with van der Waals surface area (Å²) < 4.78 is 0. The molecule has 2 aromatic heterocycles. The van der Waals surface area contributed by atoms with Gasteiger partial charge in [-0.1, -0.05) is 11.8 Å². The Morgan fingerprint density at radius 3 is 2.65 bits per heavy atom. The van der Waals surface area contributed by atoms with E-state index in [9.17, 15) is 14.9 Å². The smallest absolute Gasteiger partial charge is 0.269 e. The second-order valence-corrected chi connectivity index (χ2v) is 9.69. The summed E-state index contributed by atoms with van der Waals surface area (Å²) >= 11 is 3.27. The molecule has 3 aromatic rings. The highest BCUT2D eigenvalue weighted by molar-refractivity contribution is 8.00. The first kappa shape index (κ1) is 20.2. The Morgan fingerprint density at radius 2 is 1.90 bits per heavy atom. The summed E-state index contributed by atoms with van der Waals surface area (Å²) in [4.78, 5) is 38.7. The zero-order valence-corrected chi connectivity index (χ0v) is 18.5. The number of rotatable bonds is 5. The Morgan fingerprint density at radius 1 is 1.13 bits per heavy atom. The molecule has 8 nitrogen and oxygen atoms in total. The minimum absolute atomic E-state index is 0.0877. The Bertz CT molecular complexity index is 1140. The van der Waals surface area contributed by atoms with Gasteiger partial charge in [0.2, 0.25) is 5.91 Å². The number of amides is 1. The average molecular weight is 456 g/mol. The topological polar surface area (TPSA) is 92.5 Å². The molecule has 5 rings (SSSR count). The summed E-state index contributed by atoms with van der Waals surface area (Å²) in [6, 6.07) is 6.58. The average Bonchev–Trinajstić information content (AvgIpc) is 3.39. The molecule has 1 aliphatic carbocycles. The number of fused-ring (bicyclic) bond motifs is 3. The van der Waals surface area contributed by atoms with Crippen molar-refractivity contribution < 1.29 is 9.72 Å². The summed E-state index contributed by atoms with van der Waals surface area (Å²) in [6.45, 7) is 2.71. The van der Waals surface area contributed by atoms with E-state index in [0.717, 1.165) is 33.8 Å². The number of piperazine rings is 1. The molecule has 160 valence electrons. The van der Waals surface area contributed by atoms with Crippen LogP contribution in [0.15, 0.2) is 35.6 Å². The van der Waals surface area contributed by atoms with Crippen LogP contribution in [0.4, 0.5) is 11.4 Å². The van der Waals surface area contributed by atoms with Gasteiger partial charge in [0.05, 0.1) is 10.7 Å². The van der Waals surface area contributed by atoms with E-state index in [1.54, 1.807) is 29.8 Å². The third-order valence-corrected chi connectivity index (χ3v) is 8.03. The first-order valence-electron chi connectivity index (χ1n) is 10.3. The summed E-state index contributed by atoms with van der Waals surface area (Å²) in [5.41, 5.74) is 2.42. The van der Waals surface area contributed by atoms with E-state index in [-0.39, 0.29) is 11.6 Å². The number of aromatic nitrogens is 2. The van der Waals surface area contributed by atoms with E-state index < -0.39 is 4.92 Å². The van der Waals surface area contributed by atoms with Crippen LogP contribution >= 0.6 is 23.1 Å². The van der Waals surface area contributed by atoms with Crippen molar-refractivity contribution in [3.63, 3.8) is 0 Å². The number of thiophene rings is 1. The zero-order valence-electron chi connectivity index (χ0n) is 16.8. The number of carbonyl (C=O) groups is 1. The molecule has 1 fully saturated rings. The van der Waals surface area contributed by atoms with Crippen molar-refractivity contribution in [3.8, 4) is 0 Å². The maximum Gasteiger partial charge on any atom is 0.269 e. The van der Waals surface area contributed by atoms with Gasteiger partial charge < -0.3 is 9.80 Å². The number of benzene rings is 1. The van der Waals surface area contributed by atoms with Gasteiger partial charge in [-0.05, 0) is 37.0 Å². The van der Waals surface area contributed by atoms with Crippen LogP contribution in [0.25, 0.3) is 10.2 Å². The molecule has 10 heteroatoms. The molecule has 0 spiro atoms. The van der Waals surface area contributed by atoms with Crippen LogP contribution in [0, 0.1) is 10.1 Å². The van der Waals surface area contributed by atoms with Crippen LogP contribution in [-0.2, 0) is 17.6 Å². The molecule has 0 saturated carbocycles. The van der Waals surface area contributed by atoms with Gasteiger partial charge >= 0.3 is 0 Å². The van der Waals surface area contributed by atoms with Gasteiger partial charge in [-0.15, -0.1) is 11.3 Å². The molecule has 2 aliphatic rings. The van der Waals surface area contributed by atoms with Gasteiger partial charge in [0.15, 0.2) is 0 Å². The molecule has 0 atom stereocenters. The Kier molecular flexibility index (Phi) is 5.49. The van der Waals surface area contributed by atoms with Crippen molar-refractivity contribution in [2.75, 3.05) is 36.8 Å². The van der Waals surface area contributed by atoms with E-state index in [0.29, 0.717) is 31.9 Å². The van der Waals surface area contributed by atoms with Crippen molar-refractivity contribution in [2.24, 2.45) is 0 Å². The molecule has 0 radical (unpaired) electrons. The van der Waals surface area contributed by atoms with E-state index >= 15 is 0 Å². The number of hydrogen-bond acceptors (Lipinski definition) is 8. The van der Waals surface area contributed by atoms with E-state index in [1.165, 1.54) is 40.8 Å². The molecule has 1 amide bonds. The second-order valence-electron chi connectivity index (χ2n) is 7.65. The lowest BCUT2D eigenvalue weighted by Crippen LogP contribution is -2.49. The maximum absolute atomic E-state index is 12.8. The largest absolute Gasteiger partial charge is 0.368 e. The summed E-state index contributed by atoms with van der Waals surface area (Å²) in [7, 11) is 0. The van der Waals surface area contributed by atoms with Crippen LogP contribution < -0.4 is 4.90 Å². The van der Waals surface area contributed by atoms with E-state index in [2.05, 4.69) is 14.9 Å². The molecule has 3 heterocycles. The number of nitrogens with zero attached hydrogens (tertiary/aromatic N) is 5. The van der Waals surface area contributed by atoms with Crippen LogP contribution in [0.5, 0.6) is 0 Å². The molecular weight excluding hydrogens is 434 g/mol. The number of anilines is 1.